The van der Waals surface area contributed by atoms with E-state index in [0.717, 1.165) is 28.7 Å². The molecule has 1 aliphatic heterocycles. The lowest BCUT2D eigenvalue weighted by Gasteiger charge is -2.38. The summed E-state index contributed by atoms with van der Waals surface area (Å²) in [5.41, 5.74) is 4.75. The van der Waals surface area contributed by atoms with Crippen LogP contribution in [0.3, 0.4) is 0 Å². The molecule has 2 aliphatic rings. The van der Waals surface area contributed by atoms with Crippen molar-refractivity contribution in [3.8, 4) is 0 Å². The summed E-state index contributed by atoms with van der Waals surface area (Å²) in [6, 6.07) is 7.00. The molecule has 0 amide bonds. The third kappa shape index (κ3) is 2.60. The van der Waals surface area contributed by atoms with Gasteiger partial charge in [0.05, 0.1) is 11.0 Å². The number of nitrogens with one attached hydrogen (secondary N) is 1. The molecule has 0 fully saturated rings. The number of aryl methyl sites for hydroxylation is 1. The number of nitro benzene ring substituents is 1. The highest BCUT2D eigenvalue weighted by Crippen LogP contribution is 2.54. The summed E-state index contributed by atoms with van der Waals surface area (Å²) in [5, 5.41) is 16.3. The molecular formula is C20H18Cl2N2O2. The van der Waals surface area contributed by atoms with Gasteiger partial charge in [-0.2, -0.15) is 0 Å². The fraction of sp³-hybridized carbons (Fsp3) is 0.300. The van der Waals surface area contributed by atoms with E-state index in [9.17, 15) is 10.1 Å². The van der Waals surface area contributed by atoms with Crippen LogP contribution in [0.2, 0.25) is 10.0 Å². The van der Waals surface area contributed by atoms with E-state index >= 15 is 0 Å². The Kier molecular flexibility index (Phi) is 4.20. The molecule has 2 aromatic carbocycles. The third-order valence-electron chi connectivity index (χ3n) is 5.64. The molecule has 0 spiro atoms. The SMILES string of the molecule is Cc1cc([N+](=O)[O-])c2c(c1C)[C@@H]1C=CC[C@H]1[C@@H](c1ccc(Cl)cc1Cl)N2. The fourth-order valence-electron chi connectivity index (χ4n) is 4.29. The second kappa shape index (κ2) is 6.29. The van der Waals surface area contributed by atoms with Crippen molar-refractivity contribution < 1.29 is 4.92 Å². The Bertz CT molecular complexity index is 955. The van der Waals surface area contributed by atoms with Crippen LogP contribution in [0.25, 0.3) is 0 Å². The van der Waals surface area contributed by atoms with Crippen LogP contribution >= 0.6 is 23.2 Å². The molecule has 0 aromatic heterocycles. The summed E-state index contributed by atoms with van der Waals surface area (Å²) in [4.78, 5) is 11.4. The zero-order chi connectivity index (χ0) is 18.6. The number of rotatable bonds is 2. The Balaban J connectivity index is 1.92. The van der Waals surface area contributed by atoms with Gasteiger partial charge in [0.2, 0.25) is 0 Å². The van der Waals surface area contributed by atoms with Crippen LogP contribution in [0.15, 0.2) is 36.4 Å². The number of allylic oxidation sites excluding steroid dienone is 2. The zero-order valence-electron chi connectivity index (χ0n) is 14.4. The Morgan fingerprint density at radius 2 is 2.00 bits per heavy atom. The van der Waals surface area contributed by atoms with Crippen molar-refractivity contribution in [2.75, 3.05) is 5.32 Å². The van der Waals surface area contributed by atoms with E-state index in [0.29, 0.717) is 15.7 Å². The molecular weight excluding hydrogens is 371 g/mol. The topological polar surface area (TPSA) is 55.2 Å². The van der Waals surface area contributed by atoms with Crippen molar-refractivity contribution in [2.45, 2.75) is 32.2 Å². The van der Waals surface area contributed by atoms with Gasteiger partial charge < -0.3 is 5.32 Å². The number of benzene rings is 2. The van der Waals surface area contributed by atoms with Crippen LogP contribution in [0, 0.1) is 29.9 Å². The Morgan fingerprint density at radius 1 is 1.23 bits per heavy atom. The largest absolute Gasteiger partial charge is 0.372 e. The van der Waals surface area contributed by atoms with Gasteiger partial charge in [0.1, 0.15) is 5.69 Å². The minimum absolute atomic E-state index is 0.104. The molecule has 1 N–H and O–H groups in total. The van der Waals surface area contributed by atoms with Gasteiger partial charge in [-0.15, -0.1) is 0 Å². The second-order valence-corrected chi connectivity index (χ2v) is 7.87. The van der Waals surface area contributed by atoms with E-state index in [1.165, 1.54) is 0 Å². The van der Waals surface area contributed by atoms with Gasteiger partial charge in [-0.05, 0) is 60.6 Å². The maximum absolute atomic E-state index is 11.7. The molecule has 1 heterocycles. The quantitative estimate of drug-likeness (QED) is 0.370. The van der Waals surface area contributed by atoms with Crippen molar-refractivity contribution in [3.05, 3.63) is 78.8 Å². The average Bonchev–Trinajstić information content (AvgIpc) is 3.06. The number of nitro groups is 1. The first-order valence-corrected chi connectivity index (χ1v) is 9.30. The van der Waals surface area contributed by atoms with Crippen LogP contribution in [0.1, 0.15) is 40.6 Å². The molecule has 1 aliphatic carbocycles. The molecule has 0 saturated heterocycles. The molecule has 3 atom stereocenters. The van der Waals surface area contributed by atoms with Crippen molar-refractivity contribution in [3.63, 3.8) is 0 Å². The average molecular weight is 389 g/mol. The Morgan fingerprint density at radius 3 is 2.69 bits per heavy atom. The smallest absolute Gasteiger partial charge is 0.292 e. The monoisotopic (exact) mass is 388 g/mol. The summed E-state index contributed by atoms with van der Waals surface area (Å²) in [6.45, 7) is 3.97. The van der Waals surface area contributed by atoms with E-state index in [1.807, 2.05) is 26.0 Å². The van der Waals surface area contributed by atoms with Gasteiger partial charge in [0.15, 0.2) is 0 Å². The number of halogens is 2. The first kappa shape index (κ1) is 17.4. The van der Waals surface area contributed by atoms with Crippen molar-refractivity contribution in [2.24, 2.45) is 5.92 Å². The second-order valence-electron chi connectivity index (χ2n) is 7.02. The van der Waals surface area contributed by atoms with Crippen molar-refractivity contribution in [1.82, 2.24) is 0 Å². The van der Waals surface area contributed by atoms with E-state index in [1.54, 1.807) is 12.1 Å². The summed E-state index contributed by atoms with van der Waals surface area (Å²) < 4.78 is 0. The maximum atomic E-state index is 11.7. The number of anilines is 1. The molecule has 4 nitrogen and oxygen atoms in total. The highest BCUT2D eigenvalue weighted by Gasteiger charge is 2.42. The lowest BCUT2D eigenvalue weighted by molar-refractivity contribution is -0.384. The minimum atomic E-state index is -0.308. The van der Waals surface area contributed by atoms with Crippen LogP contribution in [-0.2, 0) is 0 Å². The van der Waals surface area contributed by atoms with E-state index < -0.39 is 0 Å². The molecule has 2 aromatic rings. The molecule has 134 valence electrons. The maximum Gasteiger partial charge on any atom is 0.292 e. The van der Waals surface area contributed by atoms with Gasteiger partial charge >= 0.3 is 0 Å². The minimum Gasteiger partial charge on any atom is -0.372 e. The molecule has 6 heteroatoms. The van der Waals surface area contributed by atoms with E-state index in [4.69, 9.17) is 23.2 Å². The molecule has 0 bridgehead atoms. The van der Waals surface area contributed by atoms with Gasteiger partial charge in [-0.3, -0.25) is 10.1 Å². The van der Waals surface area contributed by atoms with Crippen LogP contribution < -0.4 is 5.32 Å². The molecule has 26 heavy (non-hydrogen) atoms. The molecule has 0 unspecified atom stereocenters. The number of hydrogen-bond acceptors (Lipinski definition) is 3. The number of nitrogens with zero attached hydrogens (tertiary/aromatic N) is 1. The highest BCUT2D eigenvalue weighted by molar-refractivity contribution is 6.35. The van der Waals surface area contributed by atoms with E-state index in [2.05, 4.69) is 17.5 Å². The third-order valence-corrected chi connectivity index (χ3v) is 6.21. The van der Waals surface area contributed by atoms with Crippen molar-refractivity contribution in [1.29, 1.82) is 0 Å². The highest BCUT2D eigenvalue weighted by atomic mass is 35.5. The molecule has 0 radical (unpaired) electrons. The van der Waals surface area contributed by atoms with Crippen molar-refractivity contribution >= 4 is 34.6 Å². The lowest BCUT2D eigenvalue weighted by atomic mass is 9.74. The summed E-state index contributed by atoms with van der Waals surface area (Å²) >= 11 is 12.5. The summed E-state index contributed by atoms with van der Waals surface area (Å²) in [6.07, 6.45) is 5.25. The lowest BCUT2D eigenvalue weighted by Crippen LogP contribution is -2.30. The number of hydrogen-bond donors (Lipinski definition) is 1. The molecule has 0 saturated carbocycles. The van der Waals surface area contributed by atoms with Crippen LogP contribution in [0.4, 0.5) is 11.4 Å². The number of fused-ring (bicyclic) bond motifs is 3. The van der Waals surface area contributed by atoms with Gasteiger partial charge in [0, 0.05) is 22.0 Å². The van der Waals surface area contributed by atoms with Gasteiger partial charge in [-0.1, -0.05) is 41.4 Å². The Hall–Kier alpha value is -2.04. The normalized spacial score (nSPS) is 23.3. The summed E-state index contributed by atoms with van der Waals surface area (Å²) in [5.74, 6) is 0.405. The van der Waals surface area contributed by atoms with Gasteiger partial charge in [0.25, 0.3) is 5.69 Å². The van der Waals surface area contributed by atoms with E-state index in [-0.39, 0.29) is 28.5 Å². The van der Waals surface area contributed by atoms with Crippen LogP contribution in [0.5, 0.6) is 0 Å². The predicted octanol–water partition coefficient (Wildman–Crippen LogP) is 6.34. The first-order valence-electron chi connectivity index (χ1n) is 8.55. The standard InChI is InChI=1S/C20H18Cl2N2O2/c1-10-8-17(24(25)26)20-18(11(10)2)13-4-3-5-14(13)19(23-20)15-7-6-12(21)9-16(15)22/h3-4,6-9,13-14,19,23H,5H2,1-2H3/t13-,14-,19+/m1/s1. The van der Waals surface area contributed by atoms with Crippen LogP contribution in [-0.4, -0.2) is 4.92 Å². The first-order chi connectivity index (χ1) is 12.4. The molecule has 4 rings (SSSR count). The Labute approximate surface area is 162 Å². The fourth-order valence-corrected chi connectivity index (χ4v) is 4.81. The predicted molar refractivity (Wildman–Crippen MR) is 105 cm³/mol. The van der Waals surface area contributed by atoms with Gasteiger partial charge in [-0.25, -0.2) is 0 Å². The summed E-state index contributed by atoms with van der Waals surface area (Å²) in [7, 11) is 0. The zero-order valence-corrected chi connectivity index (χ0v) is 15.9.